The Bertz CT molecular complexity index is 670. The number of carbonyl (C=O) groups is 3. The summed E-state index contributed by atoms with van der Waals surface area (Å²) in [6, 6.07) is 5.00. The summed E-state index contributed by atoms with van der Waals surface area (Å²) in [7, 11) is 0. The molecule has 0 unspecified atom stereocenters. The molecule has 3 N–H and O–H groups in total. The van der Waals surface area contributed by atoms with Gasteiger partial charge in [-0.2, -0.15) is 0 Å². The summed E-state index contributed by atoms with van der Waals surface area (Å²) < 4.78 is 22.2. The van der Waals surface area contributed by atoms with E-state index in [9.17, 15) is 29.0 Å². The van der Waals surface area contributed by atoms with Gasteiger partial charge in [-0.3, -0.25) is 4.79 Å². The number of amides is 1. The summed E-state index contributed by atoms with van der Waals surface area (Å²) in [5.41, 5.74) is -0.174. The molecule has 0 aromatic heterocycles. The van der Waals surface area contributed by atoms with Crippen LogP contribution in [-0.4, -0.2) is 53.2 Å². The van der Waals surface area contributed by atoms with E-state index in [0.29, 0.717) is 11.3 Å². The van der Waals surface area contributed by atoms with Crippen molar-refractivity contribution < 1.29 is 38.5 Å². The zero-order valence-electron chi connectivity index (χ0n) is 16.1. The monoisotopic (exact) mass is 399 g/mol. The Morgan fingerprint density at radius 3 is 2.18 bits per heavy atom. The average molecular weight is 399 g/mol. The minimum absolute atomic E-state index is 0.0541. The van der Waals surface area contributed by atoms with Gasteiger partial charge in [-0.05, 0) is 51.3 Å². The lowest BCUT2D eigenvalue weighted by Gasteiger charge is -2.23. The largest absolute Gasteiger partial charge is 0.491 e. The second-order valence-electron chi connectivity index (χ2n) is 7.19. The zero-order valence-corrected chi connectivity index (χ0v) is 16.1. The average Bonchev–Trinajstić information content (AvgIpc) is 2.57. The Kier molecular flexibility index (Phi) is 8.69. The minimum Gasteiger partial charge on any atom is -0.491 e. The number of halogens is 1. The number of carboxylic acids is 2. The molecule has 1 aromatic rings. The molecule has 0 radical (unpaired) electrons. The number of alkyl carbamates (subject to hydrolysis) is 1. The number of ether oxygens (including phenoxy) is 2. The third kappa shape index (κ3) is 8.70. The van der Waals surface area contributed by atoms with Crippen molar-refractivity contribution in [3.05, 3.63) is 29.8 Å². The molecule has 28 heavy (non-hydrogen) atoms. The molecule has 0 saturated carbocycles. The second-order valence-corrected chi connectivity index (χ2v) is 7.19. The van der Waals surface area contributed by atoms with E-state index >= 15 is 0 Å². The molecular weight excluding hydrogens is 373 g/mol. The molecule has 0 aliphatic rings. The molecular formula is C19H26FNO7. The van der Waals surface area contributed by atoms with Crippen LogP contribution in [0.25, 0.3) is 0 Å². The van der Waals surface area contributed by atoms with Gasteiger partial charge in [0.05, 0.1) is 5.92 Å². The second kappa shape index (κ2) is 10.5. The van der Waals surface area contributed by atoms with Gasteiger partial charge in [-0.1, -0.05) is 12.1 Å². The molecule has 0 saturated heterocycles. The standard InChI is InChI=1S/C19H26FNO7/c1-19(2,3)28-18(26)21-15(17(24)25)11-13(16(22)23)10-12-4-6-14(7-5-12)27-9-8-20/h4-7,13,15H,8-11H2,1-3H3,(H,21,26)(H,22,23)(H,24,25)/t13-,15+/m0/s1. The van der Waals surface area contributed by atoms with Crippen molar-refractivity contribution in [2.75, 3.05) is 13.3 Å². The van der Waals surface area contributed by atoms with Gasteiger partial charge in [0.15, 0.2) is 0 Å². The number of aliphatic carboxylic acids is 2. The van der Waals surface area contributed by atoms with E-state index in [1.807, 2.05) is 0 Å². The van der Waals surface area contributed by atoms with Crippen molar-refractivity contribution in [2.45, 2.75) is 45.3 Å². The smallest absolute Gasteiger partial charge is 0.408 e. The number of carboxylic acid groups (broad SMARTS) is 2. The molecule has 0 fully saturated rings. The third-order valence-electron chi connectivity index (χ3n) is 3.61. The van der Waals surface area contributed by atoms with Crippen LogP contribution < -0.4 is 10.1 Å². The van der Waals surface area contributed by atoms with Gasteiger partial charge in [-0.15, -0.1) is 0 Å². The van der Waals surface area contributed by atoms with E-state index in [0.717, 1.165) is 0 Å². The fraction of sp³-hybridized carbons (Fsp3) is 0.526. The number of nitrogens with one attached hydrogen (secondary N) is 1. The van der Waals surface area contributed by atoms with Crippen molar-refractivity contribution >= 4 is 18.0 Å². The number of rotatable bonds is 10. The molecule has 0 spiro atoms. The van der Waals surface area contributed by atoms with E-state index in [4.69, 9.17) is 9.47 Å². The van der Waals surface area contributed by atoms with Gasteiger partial charge in [0.2, 0.25) is 0 Å². The van der Waals surface area contributed by atoms with E-state index in [1.165, 1.54) is 0 Å². The molecule has 1 aromatic carbocycles. The SMILES string of the molecule is CC(C)(C)OC(=O)N[C@H](C[C@H](Cc1ccc(OCCF)cc1)C(=O)O)C(=O)O. The maximum absolute atomic E-state index is 12.1. The highest BCUT2D eigenvalue weighted by molar-refractivity contribution is 5.81. The van der Waals surface area contributed by atoms with Gasteiger partial charge in [-0.25, -0.2) is 14.0 Å². The molecule has 156 valence electrons. The first kappa shape index (κ1) is 23.2. The number of hydrogen-bond donors (Lipinski definition) is 3. The van der Waals surface area contributed by atoms with Crippen LogP contribution in [0.5, 0.6) is 5.75 Å². The summed E-state index contributed by atoms with van der Waals surface area (Å²) in [6.07, 6.45) is -1.19. The van der Waals surface area contributed by atoms with Gasteiger partial charge >= 0.3 is 18.0 Å². The molecule has 0 heterocycles. The summed E-state index contributed by atoms with van der Waals surface area (Å²) in [4.78, 5) is 34.8. The summed E-state index contributed by atoms with van der Waals surface area (Å²) in [5, 5.41) is 21.0. The Hall–Kier alpha value is -2.84. The summed E-state index contributed by atoms with van der Waals surface area (Å²) >= 11 is 0. The van der Waals surface area contributed by atoms with Crippen LogP contribution in [0.3, 0.4) is 0 Å². The predicted molar refractivity (Wildman–Crippen MR) is 98.2 cm³/mol. The van der Waals surface area contributed by atoms with E-state index in [-0.39, 0.29) is 19.4 Å². The molecule has 8 nitrogen and oxygen atoms in total. The lowest BCUT2D eigenvalue weighted by Crippen LogP contribution is -2.45. The van der Waals surface area contributed by atoms with Crippen molar-refractivity contribution in [3.8, 4) is 5.75 Å². The first-order valence-electron chi connectivity index (χ1n) is 8.74. The molecule has 0 bridgehead atoms. The molecule has 0 aliphatic heterocycles. The number of alkyl halides is 1. The van der Waals surface area contributed by atoms with Crippen LogP contribution in [0, 0.1) is 5.92 Å². The molecule has 9 heteroatoms. The third-order valence-corrected chi connectivity index (χ3v) is 3.61. The van der Waals surface area contributed by atoms with Crippen LogP contribution in [-0.2, 0) is 20.7 Å². The summed E-state index contributed by atoms with van der Waals surface area (Å²) in [6.45, 7) is 4.19. The van der Waals surface area contributed by atoms with Crippen LogP contribution in [0.4, 0.5) is 9.18 Å². The Labute approximate surface area is 162 Å². The Morgan fingerprint density at radius 2 is 1.71 bits per heavy atom. The Balaban J connectivity index is 2.78. The van der Waals surface area contributed by atoms with Crippen LogP contribution >= 0.6 is 0 Å². The maximum Gasteiger partial charge on any atom is 0.408 e. The van der Waals surface area contributed by atoms with E-state index in [1.54, 1.807) is 45.0 Å². The highest BCUT2D eigenvalue weighted by Gasteiger charge is 2.30. The fourth-order valence-electron chi connectivity index (χ4n) is 2.39. The number of benzene rings is 1. The van der Waals surface area contributed by atoms with Gasteiger partial charge in [0, 0.05) is 0 Å². The first-order valence-corrected chi connectivity index (χ1v) is 8.74. The van der Waals surface area contributed by atoms with E-state index < -0.39 is 42.3 Å². The topological polar surface area (TPSA) is 122 Å². The van der Waals surface area contributed by atoms with E-state index in [2.05, 4.69) is 5.32 Å². The lowest BCUT2D eigenvalue weighted by molar-refractivity contribution is -0.144. The minimum atomic E-state index is -1.41. The van der Waals surface area contributed by atoms with Crippen molar-refractivity contribution in [2.24, 2.45) is 5.92 Å². The fourth-order valence-corrected chi connectivity index (χ4v) is 2.39. The number of carbonyl (C=O) groups excluding carboxylic acids is 1. The molecule has 1 rings (SSSR count). The molecule has 2 atom stereocenters. The zero-order chi connectivity index (χ0) is 21.3. The van der Waals surface area contributed by atoms with Crippen LogP contribution in [0.15, 0.2) is 24.3 Å². The highest BCUT2D eigenvalue weighted by atomic mass is 19.1. The maximum atomic E-state index is 12.1. The Morgan fingerprint density at radius 1 is 1.11 bits per heavy atom. The highest BCUT2D eigenvalue weighted by Crippen LogP contribution is 2.19. The first-order chi connectivity index (χ1) is 13.0. The lowest BCUT2D eigenvalue weighted by atomic mass is 9.92. The number of hydrogen-bond acceptors (Lipinski definition) is 5. The quantitative estimate of drug-likeness (QED) is 0.553. The normalized spacial score (nSPS) is 13.3. The molecule has 1 amide bonds. The van der Waals surface area contributed by atoms with Gasteiger partial charge in [0.25, 0.3) is 0 Å². The van der Waals surface area contributed by atoms with Crippen LogP contribution in [0.2, 0.25) is 0 Å². The molecule has 0 aliphatic carbocycles. The van der Waals surface area contributed by atoms with Crippen molar-refractivity contribution in [3.63, 3.8) is 0 Å². The van der Waals surface area contributed by atoms with Crippen molar-refractivity contribution in [1.29, 1.82) is 0 Å². The predicted octanol–water partition coefficient (Wildman–Crippen LogP) is 2.65. The van der Waals surface area contributed by atoms with Gasteiger partial charge in [0.1, 0.15) is 30.7 Å². The van der Waals surface area contributed by atoms with Crippen molar-refractivity contribution in [1.82, 2.24) is 5.32 Å². The van der Waals surface area contributed by atoms with Gasteiger partial charge < -0.3 is 25.0 Å². The summed E-state index contributed by atoms with van der Waals surface area (Å²) in [5.74, 6) is -3.14. The van der Waals surface area contributed by atoms with Crippen LogP contribution in [0.1, 0.15) is 32.8 Å².